The number of carbonyl (C=O) groups is 2. The van der Waals surface area contributed by atoms with Gasteiger partial charge in [-0.05, 0) is 57.2 Å². The van der Waals surface area contributed by atoms with Crippen LogP contribution in [-0.2, 0) is 23.1 Å². The van der Waals surface area contributed by atoms with Crippen molar-refractivity contribution in [3.8, 4) is 5.75 Å². The molecule has 0 saturated carbocycles. The molecule has 31 heavy (non-hydrogen) atoms. The Kier molecular flexibility index (Phi) is 9.40. The van der Waals surface area contributed by atoms with Crippen LogP contribution in [0.3, 0.4) is 0 Å². The van der Waals surface area contributed by atoms with Gasteiger partial charge in [0.25, 0.3) is 0 Å². The van der Waals surface area contributed by atoms with Gasteiger partial charge in [0.2, 0.25) is 5.91 Å². The lowest BCUT2D eigenvalue weighted by atomic mass is 10.3. The largest absolute Gasteiger partial charge is 0.494 e. The first-order chi connectivity index (χ1) is 14.8. The average Bonchev–Trinajstić information content (AvgIpc) is 3.14. The minimum absolute atomic E-state index is 0.0192. The van der Waals surface area contributed by atoms with Gasteiger partial charge in [-0.2, -0.15) is 0 Å². The third-order valence-electron chi connectivity index (χ3n) is 4.93. The Morgan fingerprint density at radius 1 is 1.16 bits per heavy atom. The summed E-state index contributed by atoms with van der Waals surface area (Å²) in [5, 5.41) is 2.87. The number of ether oxygens (including phenoxy) is 2. The normalized spacial score (nSPS) is 10.8. The Labute approximate surface area is 184 Å². The Hall–Kier alpha value is -3.00. The number of hydrogen-bond donors (Lipinski definition) is 1. The number of urea groups is 1. The molecule has 8 heteroatoms. The van der Waals surface area contributed by atoms with Gasteiger partial charge in [0, 0.05) is 44.3 Å². The first kappa shape index (κ1) is 24.3. The van der Waals surface area contributed by atoms with Crippen molar-refractivity contribution in [1.29, 1.82) is 0 Å². The number of nitrogens with zero attached hydrogens (tertiary/aromatic N) is 3. The molecular formula is C23H34N4O4. The van der Waals surface area contributed by atoms with Crippen molar-refractivity contribution < 1.29 is 19.1 Å². The summed E-state index contributed by atoms with van der Waals surface area (Å²) in [5.41, 5.74) is 1.66. The van der Waals surface area contributed by atoms with E-state index in [2.05, 4.69) is 5.32 Å². The number of carbonyl (C=O) groups excluding carboxylic acids is 2. The summed E-state index contributed by atoms with van der Waals surface area (Å²) in [6.45, 7) is 7.59. The van der Waals surface area contributed by atoms with Crippen molar-refractivity contribution >= 4 is 17.6 Å². The number of aromatic nitrogens is 1. The van der Waals surface area contributed by atoms with Crippen LogP contribution in [0.5, 0.6) is 5.75 Å². The summed E-state index contributed by atoms with van der Waals surface area (Å²) in [5.74, 6) is 0.611. The standard InChI is InChI=1S/C23H34N4O4/c1-6-31-21-11-9-19(10-12-21)24-23(29)27(18(2)3)17-22(28)26(14-15-30-5)16-20-8-7-13-25(20)4/h7-13,18H,6,14-17H2,1-5H3,(H,24,29). The van der Waals surface area contributed by atoms with E-state index in [4.69, 9.17) is 9.47 Å². The molecule has 0 unspecified atom stereocenters. The molecule has 1 aromatic heterocycles. The topological polar surface area (TPSA) is 76.0 Å². The summed E-state index contributed by atoms with van der Waals surface area (Å²) in [4.78, 5) is 29.2. The second-order valence-corrected chi connectivity index (χ2v) is 7.53. The summed E-state index contributed by atoms with van der Waals surface area (Å²) >= 11 is 0. The average molecular weight is 431 g/mol. The highest BCUT2D eigenvalue weighted by Gasteiger charge is 2.24. The monoisotopic (exact) mass is 430 g/mol. The smallest absolute Gasteiger partial charge is 0.322 e. The van der Waals surface area contributed by atoms with Crippen LogP contribution in [0.4, 0.5) is 10.5 Å². The minimum atomic E-state index is -0.321. The Bertz CT molecular complexity index is 832. The minimum Gasteiger partial charge on any atom is -0.494 e. The van der Waals surface area contributed by atoms with E-state index in [-0.39, 0.29) is 24.5 Å². The number of rotatable bonds is 11. The molecule has 1 heterocycles. The summed E-state index contributed by atoms with van der Waals surface area (Å²) < 4.78 is 12.6. The zero-order valence-corrected chi connectivity index (χ0v) is 19.1. The van der Waals surface area contributed by atoms with Gasteiger partial charge in [-0.15, -0.1) is 0 Å². The highest BCUT2D eigenvalue weighted by Crippen LogP contribution is 2.17. The van der Waals surface area contributed by atoms with Gasteiger partial charge in [-0.25, -0.2) is 4.79 Å². The molecule has 170 valence electrons. The van der Waals surface area contributed by atoms with Gasteiger partial charge < -0.3 is 29.2 Å². The van der Waals surface area contributed by atoms with Crippen molar-refractivity contribution in [2.24, 2.45) is 7.05 Å². The van der Waals surface area contributed by atoms with E-state index in [1.807, 2.05) is 50.7 Å². The van der Waals surface area contributed by atoms with E-state index in [1.54, 1.807) is 36.3 Å². The van der Waals surface area contributed by atoms with Crippen LogP contribution in [0.2, 0.25) is 0 Å². The van der Waals surface area contributed by atoms with Gasteiger partial charge in [0.15, 0.2) is 0 Å². The SMILES string of the molecule is CCOc1ccc(NC(=O)N(CC(=O)N(CCOC)Cc2cccn2C)C(C)C)cc1. The van der Waals surface area contributed by atoms with Crippen molar-refractivity contribution in [3.63, 3.8) is 0 Å². The van der Waals surface area contributed by atoms with Crippen LogP contribution >= 0.6 is 0 Å². The second-order valence-electron chi connectivity index (χ2n) is 7.53. The summed E-state index contributed by atoms with van der Waals surface area (Å²) in [6, 6.07) is 10.6. The number of nitrogens with one attached hydrogen (secondary N) is 1. The van der Waals surface area contributed by atoms with Crippen LogP contribution in [-0.4, -0.2) is 65.8 Å². The van der Waals surface area contributed by atoms with Crippen LogP contribution < -0.4 is 10.1 Å². The number of amides is 3. The molecule has 3 amide bonds. The lowest BCUT2D eigenvalue weighted by Gasteiger charge is -2.30. The highest BCUT2D eigenvalue weighted by molar-refractivity contribution is 5.92. The Morgan fingerprint density at radius 2 is 1.87 bits per heavy atom. The molecule has 1 N–H and O–H groups in total. The number of hydrogen-bond acceptors (Lipinski definition) is 4. The molecular weight excluding hydrogens is 396 g/mol. The maximum absolute atomic E-state index is 13.1. The number of anilines is 1. The third-order valence-corrected chi connectivity index (χ3v) is 4.93. The summed E-state index contributed by atoms with van der Waals surface area (Å²) in [6.07, 6.45) is 1.94. The van der Waals surface area contributed by atoms with E-state index in [0.717, 1.165) is 11.4 Å². The number of benzene rings is 1. The first-order valence-corrected chi connectivity index (χ1v) is 10.5. The third kappa shape index (κ3) is 7.32. The molecule has 0 aliphatic heterocycles. The first-order valence-electron chi connectivity index (χ1n) is 10.5. The van der Waals surface area contributed by atoms with Crippen LogP contribution in [0.1, 0.15) is 26.5 Å². The zero-order chi connectivity index (χ0) is 22.8. The van der Waals surface area contributed by atoms with Gasteiger partial charge in [-0.1, -0.05) is 0 Å². The molecule has 2 rings (SSSR count). The second kappa shape index (κ2) is 12.0. The molecule has 0 saturated heterocycles. The number of aryl methyl sites for hydroxylation is 1. The van der Waals surface area contributed by atoms with Gasteiger partial charge in [-0.3, -0.25) is 4.79 Å². The molecule has 0 radical (unpaired) electrons. The molecule has 2 aromatic rings. The van der Waals surface area contributed by atoms with E-state index < -0.39 is 0 Å². The molecule has 0 aliphatic carbocycles. The molecule has 0 aliphatic rings. The Balaban J connectivity index is 2.06. The van der Waals surface area contributed by atoms with Crippen molar-refractivity contribution in [2.75, 3.05) is 38.7 Å². The van der Waals surface area contributed by atoms with Crippen molar-refractivity contribution in [2.45, 2.75) is 33.4 Å². The highest BCUT2D eigenvalue weighted by atomic mass is 16.5. The number of methoxy groups -OCH3 is 1. The van der Waals surface area contributed by atoms with E-state index in [1.165, 1.54) is 4.90 Å². The summed E-state index contributed by atoms with van der Waals surface area (Å²) in [7, 11) is 3.55. The molecule has 0 fully saturated rings. The Morgan fingerprint density at radius 3 is 2.42 bits per heavy atom. The lowest BCUT2D eigenvalue weighted by molar-refractivity contribution is -0.133. The fourth-order valence-electron chi connectivity index (χ4n) is 3.08. The van der Waals surface area contributed by atoms with Crippen LogP contribution in [0.25, 0.3) is 0 Å². The van der Waals surface area contributed by atoms with E-state index in [0.29, 0.717) is 32.0 Å². The molecule has 0 bridgehead atoms. The lowest BCUT2D eigenvalue weighted by Crippen LogP contribution is -2.48. The van der Waals surface area contributed by atoms with E-state index in [9.17, 15) is 9.59 Å². The van der Waals surface area contributed by atoms with Crippen molar-refractivity contribution in [3.05, 3.63) is 48.3 Å². The molecule has 1 aromatic carbocycles. The van der Waals surface area contributed by atoms with E-state index >= 15 is 0 Å². The predicted molar refractivity (Wildman–Crippen MR) is 121 cm³/mol. The molecule has 0 atom stereocenters. The van der Waals surface area contributed by atoms with Crippen LogP contribution in [0, 0.1) is 0 Å². The maximum Gasteiger partial charge on any atom is 0.322 e. The van der Waals surface area contributed by atoms with Gasteiger partial charge in [0.1, 0.15) is 12.3 Å². The molecule has 0 spiro atoms. The molecule has 8 nitrogen and oxygen atoms in total. The van der Waals surface area contributed by atoms with Crippen molar-refractivity contribution in [1.82, 2.24) is 14.4 Å². The predicted octanol–water partition coefficient (Wildman–Crippen LogP) is 3.34. The zero-order valence-electron chi connectivity index (χ0n) is 19.1. The van der Waals surface area contributed by atoms with Crippen LogP contribution in [0.15, 0.2) is 42.6 Å². The fourth-order valence-corrected chi connectivity index (χ4v) is 3.08. The maximum atomic E-state index is 13.1. The van der Waals surface area contributed by atoms with Gasteiger partial charge in [0.05, 0.1) is 19.8 Å². The van der Waals surface area contributed by atoms with Gasteiger partial charge >= 0.3 is 6.03 Å². The quantitative estimate of drug-likeness (QED) is 0.593. The fraction of sp³-hybridized carbons (Fsp3) is 0.478.